The van der Waals surface area contributed by atoms with Crippen molar-refractivity contribution in [1.29, 1.82) is 0 Å². The zero-order valence-electron chi connectivity index (χ0n) is 17.2. The van der Waals surface area contributed by atoms with Crippen LogP contribution < -0.4 is 5.32 Å². The van der Waals surface area contributed by atoms with E-state index in [1.807, 2.05) is 18.7 Å². The zero-order valence-corrected chi connectivity index (χ0v) is 20.3. The van der Waals surface area contributed by atoms with E-state index in [0.29, 0.717) is 13.2 Å². The van der Waals surface area contributed by atoms with Crippen molar-refractivity contribution in [2.75, 3.05) is 39.3 Å². The first-order valence-corrected chi connectivity index (χ1v) is 11.0. The summed E-state index contributed by atoms with van der Waals surface area (Å²) < 4.78 is 5.14. The summed E-state index contributed by atoms with van der Waals surface area (Å²) in [5, 5.41) is 5.38. The average Bonchev–Trinajstić information content (AvgIpc) is 3.19. The highest BCUT2D eigenvalue weighted by atomic mass is 127. The monoisotopic (exact) mass is 534 g/mol. The number of hydrogen-bond acceptors (Lipinski definition) is 5. The van der Waals surface area contributed by atoms with E-state index in [0.717, 1.165) is 51.4 Å². The molecule has 1 amide bonds. The highest BCUT2D eigenvalue weighted by Crippen LogP contribution is 2.24. The van der Waals surface area contributed by atoms with Gasteiger partial charge in [-0.3, -0.25) is 9.59 Å². The third kappa shape index (κ3) is 6.31. The molecule has 3 heterocycles. The summed E-state index contributed by atoms with van der Waals surface area (Å²) in [6.45, 7) is 8.11. The van der Waals surface area contributed by atoms with E-state index in [-0.39, 0.29) is 48.3 Å². The Morgan fingerprint density at radius 3 is 2.69 bits per heavy atom. The van der Waals surface area contributed by atoms with E-state index in [9.17, 15) is 9.59 Å². The van der Waals surface area contributed by atoms with Crippen LogP contribution in [0.5, 0.6) is 0 Å². The SMILES string of the molecule is CCNC(=NCC(=O)N1CCc2sccc2C1)N1CCC(C(=O)OCC)CC1.I. The van der Waals surface area contributed by atoms with Crippen LogP contribution in [0.15, 0.2) is 16.4 Å². The minimum absolute atomic E-state index is 0. The molecule has 29 heavy (non-hydrogen) atoms. The van der Waals surface area contributed by atoms with Gasteiger partial charge in [-0.15, -0.1) is 35.3 Å². The smallest absolute Gasteiger partial charge is 0.309 e. The number of ether oxygens (including phenoxy) is 1. The Morgan fingerprint density at radius 2 is 2.00 bits per heavy atom. The summed E-state index contributed by atoms with van der Waals surface area (Å²) in [6, 6.07) is 2.11. The zero-order chi connectivity index (χ0) is 19.9. The molecule has 0 atom stereocenters. The first kappa shape index (κ1) is 23.9. The van der Waals surface area contributed by atoms with Gasteiger partial charge in [-0.1, -0.05) is 0 Å². The lowest BCUT2D eigenvalue weighted by Gasteiger charge is -2.33. The lowest BCUT2D eigenvalue weighted by atomic mass is 9.97. The normalized spacial score (nSPS) is 17.4. The van der Waals surface area contributed by atoms with Crippen LogP contribution >= 0.6 is 35.3 Å². The van der Waals surface area contributed by atoms with Crippen LogP contribution in [0.4, 0.5) is 0 Å². The lowest BCUT2D eigenvalue weighted by molar-refractivity contribution is -0.149. The molecule has 2 aliphatic rings. The number of nitrogens with zero attached hydrogens (tertiary/aromatic N) is 3. The molecule has 162 valence electrons. The number of thiophene rings is 1. The van der Waals surface area contributed by atoms with Gasteiger partial charge in [-0.25, -0.2) is 4.99 Å². The summed E-state index contributed by atoms with van der Waals surface area (Å²) in [7, 11) is 0. The van der Waals surface area contributed by atoms with Crippen LogP contribution in [0.25, 0.3) is 0 Å². The van der Waals surface area contributed by atoms with Crippen LogP contribution in [0, 0.1) is 5.92 Å². The number of nitrogens with one attached hydrogen (secondary N) is 1. The Balaban J connectivity index is 0.00000300. The third-order valence-electron chi connectivity index (χ3n) is 5.27. The van der Waals surface area contributed by atoms with Crippen LogP contribution in [0.2, 0.25) is 0 Å². The number of carbonyl (C=O) groups is 2. The number of amides is 1. The minimum atomic E-state index is -0.0998. The van der Waals surface area contributed by atoms with Gasteiger partial charge < -0.3 is 19.9 Å². The highest BCUT2D eigenvalue weighted by Gasteiger charge is 2.28. The summed E-state index contributed by atoms with van der Waals surface area (Å²) >= 11 is 1.77. The van der Waals surface area contributed by atoms with Crippen LogP contribution in [0.1, 0.15) is 37.1 Å². The molecule has 3 rings (SSSR count). The van der Waals surface area contributed by atoms with Gasteiger partial charge in [0, 0.05) is 37.6 Å². The Morgan fingerprint density at radius 1 is 1.24 bits per heavy atom. The number of likely N-dealkylation sites (tertiary alicyclic amines) is 1. The van der Waals surface area contributed by atoms with Crippen molar-refractivity contribution in [1.82, 2.24) is 15.1 Å². The molecule has 0 unspecified atom stereocenters. The van der Waals surface area contributed by atoms with Crippen molar-refractivity contribution in [3.63, 3.8) is 0 Å². The number of halogens is 1. The molecule has 0 spiro atoms. The van der Waals surface area contributed by atoms with Gasteiger partial charge in [0.05, 0.1) is 12.5 Å². The fourth-order valence-corrected chi connectivity index (χ4v) is 4.61. The number of fused-ring (bicyclic) bond motifs is 1. The standard InChI is InChI=1S/C20H30N4O3S.HI/c1-3-21-20(23-9-5-15(6-10-23)19(26)27-4-2)22-13-18(25)24-11-7-17-16(14-24)8-12-28-17;/h8,12,15H,3-7,9-11,13-14H2,1-2H3,(H,21,22);1H. The first-order chi connectivity index (χ1) is 13.6. The quantitative estimate of drug-likeness (QED) is 0.272. The number of guanidine groups is 1. The highest BCUT2D eigenvalue weighted by molar-refractivity contribution is 14.0. The summed E-state index contributed by atoms with van der Waals surface area (Å²) in [5.41, 5.74) is 1.27. The fourth-order valence-electron chi connectivity index (χ4n) is 3.72. The molecular formula is C20H31IN4O3S. The molecule has 0 saturated carbocycles. The molecule has 1 fully saturated rings. The topological polar surface area (TPSA) is 74.2 Å². The third-order valence-corrected chi connectivity index (χ3v) is 6.30. The van der Waals surface area contributed by atoms with Crippen molar-refractivity contribution in [2.24, 2.45) is 10.9 Å². The second-order valence-corrected chi connectivity index (χ2v) is 8.12. The Hall–Kier alpha value is -1.36. The van der Waals surface area contributed by atoms with Crippen LogP contribution in [-0.4, -0.2) is 67.0 Å². The van der Waals surface area contributed by atoms with Crippen LogP contribution in [-0.2, 0) is 27.3 Å². The predicted molar refractivity (Wildman–Crippen MR) is 126 cm³/mol. The Labute approximate surface area is 193 Å². The van der Waals surface area contributed by atoms with Gasteiger partial charge in [0.25, 0.3) is 0 Å². The van der Waals surface area contributed by atoms with Crippen molar-refractivity contribution >= 4 is 53.1 Å². The summed E-state index contributed by atoms with van der Waals surface area (Å²) in [6.07, 6.45) is 2.44. The maximum absolute atomic E-state index is 12.6. The molecule has 7 nitrogen and oxygen atoms in total. The second-order valence-electron chi connectivity index (χ2n) is 7.12. The van der Waals surface area contributed by atoms with Gasteiger partial charge in [0.1, 0.15) is 6.54 Å². The van der Waals surface area contributed by atoms with Gasteiger partial charge in [0.15, 0.2) is 5.96 Å². The average molecular weight is 534 g/mol. The molecule has 1 N–H and O–H groups in total. The number of carbonyl (C=O) groups excluding carboxylic acids is 2. The predicted octanol–water partition coefficient (Wildman–Crippen LogP) is 2.49. The molecule has 0 radical (unpaired) electrons. The second kappa shape index (κ2) is 11.7. The molecule has 0 aromatic carbocycles. The maximum atomic E-state index is 12.6. The van der Waals surface area contributed by atoms with E-state index in [4.69, 9.17) is 4.74 Å². The molecule has 0 bridgehead atoms. The minimum Gasteiger partial charge on any atom is -0.466 e. The maximum Gasteiger partial charge on any atom is 0.309 e. The molecule has 1 saturated heterocycles. The van der Waals surface area contributed by atoms with E-state index in [1.54, 1.807) is 11.3 Å². The largest absolute Gasteiger partial charge is 0.466 e. The van der Waals surface area contributed by atoms with E-state index < -0.39 is 0 Å². The van der Waals surface area contributed by atoms with Crippen molar-refractivity contribution in [3.05, 3.63) is 21.9 Å². The fraction of sp³-hybridized carbons (Fsp3) is 0.650. The molecule has 0 aliphatic carbocycles. The van der Waals surface area contributed by atoms with Crippen molar-refractivity contribution in [3.8, 4) is 0 Å². The molecule has 1 aromatic heterocycles. The van der Waals surface area contributed by atoms with Gasteiger partial charge >= 0.3 is 5.97 Å². The van der Waals surface area contributed by atoms with Gasteiger partial charge in [-0.2, -0.15) is 0 Å². The molecule has 9 heteroatoms. The van der Waals surface area contributed by atoms with Crippen LogP contribution in [0.3, 0.4) is 0 Å². The lowest BCUT2D eigenvalue weighted by Crippen LogP contribution is -2.47. The van der Waals surface area contributed by atoms with E-state index >= 15 is 0 Å². The van der Waals surface area contributed by atoms with Crippen molar-refractivity contribution < 1.29 is 14.3 Å². The number of piperidine rings is 1. The number of esters is 1. The van der Waals surface area contributed by atoms with Gasteiger partial charge in [-0.05, 0) is 50.1 Å². The van der Waals surface area contributed by atoms with E-state index in [1.165, 1.54) is 10.4 Å². The molecule has 2 aliphatic heterocycles. The number of hydrogen-bond donors (Lipinski definition) is 1. The Bertz CT molecular complexity index is 716. The summed E-state index contributed by atoms with van der Waals surface area (Å²) in [5.74, 6) is 0.686. The molecular weight excluding hydrogens is 503 g/mol. The van der Waals surface area contributed by atoms with Gasteiger partial charge in [0.2, 0.25) is 5.91 Å². The molecule has 1 aromatic rings. The number of aliphatic imine (C=N–C) groups is 1. The number of rotatable bonds is 5. The summed E-state index contributed by atoms with van der Waals surface area (Å²) in [4.78, 5) is 34.6. The van der Waals surface area contributed by atoms with Crippen molar-refractivity contribution in [2.45, 2.75) is 39.7 Å². The first-order valence-electron chi connectivity index (χ1n) is 10.1. The Kier molecular flexibility index (Phi) is 9.67. The van der Waals surface area contributed by atoms with E-state index in [2.05, 4.69) is 26.7 Å².